The number of hydrogen-bond acceptors (Lipinski definition) is 2. The monoisotopic (exact) mass is 327 g/mol. The Morgan fingerprint density at radius 2 is 2.05 bits per heavy atom. The van der Waals surface area contributed by atoms with Gasteiger partial charge in [-0.05, 0) is 47.0 Å². The summed E-state index contributed by atoms with van der Waals surface area (Å²) < 4.78 is 0. The van der Waals surface area contributed by atoms with E-state index < -0.39 is 0 Å². The van der Waals surface area contributed by atoms with Gasteiger partial charge in [0, 0.05) is 17.3 Å². The van der Waals surface area contributed by atoms with Gasteiger partial charge in [0.25, 0.3) is 0 Å². The molecule has 0 spiro atoms. The second-order valence-corrected chi connectivity index (χ2v) is 6.76. The fourth-order valence-electron chi connectivity index (χ4n) is 2.65. The molecule has 0 atom stereocenters. The minimum Gasteiger partial charge on any atom is -0.361 e. The average Bonchev–Trinajstić information content (AvgIpc) is 3.11. The molecule has 2 aromatic heterocycles. The first-order valence-electron chi connectivity index (χ1n) is 7.14. The molecule has 0 bridgehead atoms. The van der Waals surface area contributed by atoms with Crippen LogP contribution in [0.25, 0.3) is 33.1 Å². The normalized spacial score (nSPS) is 11.5. The van der Waals surface area contributed by atoms with Crippen molar-refractivity contribution in [3.8, 4) is 11.1 Å². The number of hydrogen-bond donors (Lipinski definition) is 2. The summed E-state index contributed by atoms with van der Waals surface area (Å²) in [4.78, 5) is 11.1. The van der Waals surface area contributed by atoms with E-state index in [1.54, 1.807) is 11.8 Å². The van der Waals surface area contributed by atoms with Crippen molar-refractivity contribution < 1.29 is 0 Å². The highest BCUT2D eigenvalue weighted by Crippen LogP contribution is 2.33. The molecule has 0 aliphatic rings. The third kappa shape index (κ3) is 2.28. The van der Waals surface area contributed by atoms with E-state index in [0.29, 0.717) is 0 Å². The van der Waals surface area contributed by atoms with E-state index >= 15 is 0 Å². The Bertz CT molecular complexity index is 971. The van der Waals surface area contributed by atoms with Crippen LogP contribution in [-0.2, 0) is 0 Å². The van der Waals surface area contributed by atoms with Crippen LogP contribution in [0.2, 0.25) is 5.02 Å². The lowest BCUT2D eigenvalue weighted by atomic mass is 10.0. The third-order valence-electron chi connectivity index (χ3n) is 3.69. The van der Waals surface area contributed by atoms with Gasteiger partial charge >= 0.3 is 0 Å². The quantitative estimate of drug-likeness (QED) is 0.489. The van der Waals surface area contributed by atoms with Crippen LogP contribution in [0.4, 0.5) is 0 Å². The molecule has 3 nitrogen and oxygen atoms in total. The Balaban J connectivity index is 1.87. The fourth-order valence-corrected chi connectivity index (χ4v) is 3.55. The van der Waals surface area contributed by atoms with Gasteiger partial charge in [-0.25, -0.2) is 4.98 Å². The summed E-state index contributed by atoms with van der Waals surface area (Å²) in [5.41, 5.74) is 5.17. The Kier molecular flexibility index (Phi) is 3.36. The zero-order chi connectivity index (χ0) is 15.1. The molecule has 110 valence electrons. The first kappa shape index (κ1) is 13.7. The fraction of sp³-hybridized carbons (Fsp3) is 0.118. The number of imidazole rings is 1. The minimum absolute atomic E-state index is 0.735. The van der Waals surface area contributed by atoms with Crippen LogP contribution in [0.3, 0.4) is 0 Å². The Hall–Kier alpha value is -1.91. The van der Waals surface area contributed by atoms with Crippen LogP contribution in [0.1, 0.15) is 6.92 Å². The molecule has 5 heteroatoms. The Morgan fingerprint density at radius 3 is 2.91 bits per heavy atom. The molecule has 2 N–H and O–H groups in total. The zero-order valence-electron chi connectivity index (χ0n) is 12.0. The highest BCUT2D eigenvalue weighted by molar-refractivity contribution is 7.99. The van der Waals surface area contributed by atoms with Crippen molar-refractivity contribution in [3.05, 3.63) is 47.6 Å². The number of benzene rings is 2. The summed E-state index contributed by atoms with van der Waals surface area (Å²) in [6.45, 7) is 2.11. The van der Waals surface area contributed by atoms with Gasteiger partial charge in [0.15, 0.2) is 5.16 Å². The molecule has 0 amide bonds. The van der Waals surface area contributed by atoms with Crippen molar-refractivity contribution in [2.45, 2.75) is 12.1 Å². The van der Waals surface area contributed by atoms with Crippen molar-refractivity contribution in [2.24, 2.45) is 0 Å². The van der Waals surface area contributed by atoms with E-state index in [4.69, 9.17) is 11.6 Å². The topological polar surface area (TPSA) is 44.5 Å². The molecule has 0 aliphatic carbocycles. The van der Waals surface area contributed by atoms with Crippen molar-refractivity contribution in [2.75, 3.05) is 5.75 Å². The summed E-state index contributed by atoms with van der Waals surface area (Å²) >= 11 is 8.18. The predicted octanol–water partition coefficient (Wildman–Crippen LogP) is 5.48. The smallest absolute Gasteiger partial charge is 0.166 e. The third-order valence-corrected chi connectivity index (χ3v) is 4.76. The molecule has 2 heterocycles. The first-order valence-corrected chi connectivity index (χ1v) is 8.50. The summed E-state index contributed by atoms with van der Waals surface area (Å²) in [6, 6.07) is 12.4. The average molecular weight is 328 g/mol. The largest absolute Gasteiger partial charge is 0.361 e. The van der Waals surface area contributed by atoms with Crippen LogP contribution in [0.5, 0.6) is 0 Å². The number of H-pyrrole nitrogens is 2. The van der Waals surface area contributed by atoms with Crippen molar-refractivity contribution >= 4 is 45.3 Å². The number of halogens is 1. The van der Waals surface area contributed by atoms with E-state index in [-0.39, 0.29) is 0 Å². The maximum atomic E-state index is 6.49. The van der Waals surface area contributed by atoms with E-state index in [2.05, 4.69) is 52.2 Å². The minimum atomic E-state index is 0.735. The van der Waals surface area contributed by atoms with Gasteiger partial charge in [-0.2, -0.15) is 0 Å². The maximum Gasteiger partial charge on any atom is 0.166 e. The Labute approximate surface area is 137 Å². The summed E-state index contributed by atoms with van der Waals surface area (Å²) in [5.74, 6) is 0.991. The van der Waals surface area contributed by atoms with Crippen molar-refractivity contribution in [1.29, 1.82) is 0 Å². The van der Waals surface area contributed by atoms with Gasteiger partial charge in [-0.3, -0.25) is 0 Å². The van der Waals surface area contributed by atoms with Crippen LogP contribution < -0.4 is 0 Å². The van der Waals surface area contributed by atoms with Gasteiger partial charge in [-0.15, -0.1) is 0 Å². The molecule has 0 saturated carbocycles. The molecule has 0 fully saturated rings. The number of nitrogens with zero attached hydrogens (tertiary/aromatic N) is 1. The molecule has 0 unspecified atom stereocenters. The van der Waals surface area contributed by atoms with Crippen molar-refractivity contribution in [3.63, 3.8) is 0 Å². The van der Waals surface area contributed by atoms with E-state index in [1.165, 1.54) is 5.39 Å². The Morgan fingerprint density at radius 1 is 1.14 bits per heavy atom. The van der Waals surface area contributed by atoms with E-state index in [9.17, 15) is 0 Å². The second-order valence-electron chi connectivity index (χ2n) is 5.10. The second kappa shape index (κ2) is 5.38. The zero-order valence-corrected chi connectivity index (χ0v) is 13.6. The molecule has 0 saturated heterocycles. The van der Waals surface area contributed by atoms with Gasteiger partial charge in [-0.1, -0.05) is 36.4 Å². The SMILES string of the molecule is CCSc1nc2cc(-c3ccc4[nH]ccc4c3)c(Cl)cc2[nH]1. The molecule has 0 radical (unpaired) electrons. The van der Waals surface area contributed by atoms with Crippen LogP contribution in [0.15, 0.2) is 47.8 Å². The van der Waals surface area contributed by atoms with Crippen LogP contribution in [-0.4, -0.2) is 20.7 Å². The predicted molar refractivity (Wildman–Crippen MR) is 94.8 cm³/mol. The summed E-state index contributed by atoms with van der Waals surface area (Å²) in [7, 11) is 0. The van der Waals surface area contributed by atoms with Crippen molar-refractivity contribution in [1.82, 2.24) is 15.0 Å². The van der Waals surface area contributed by atoms with Crippen LogP contribution >= 0.6 is 23.4 Å². The summed E-state index contributed by atoms with van der Waals surface area (Å²) in [6.07, 6.45) is 1.95. The molecular weight excluding hydrogens is 314 g/mol. The lowest BCUT2D eigenvalue weighted by molar-refractivity contribution is 1.08. The number of thioether (sulfide) groups is 1. The number of fused-ring (bicyclic) bond motifs is 2. The van der Waals surface area contributed by atoms with Gasteiger partial charge in [0.2, 0.25) is 0 Å². The van der Waals surface area contributed by atoms with Crippen LogP contribution in [0, 0.1) is 0 Å². The number of nitrogens with one attached hydrogen (secondary N) is 2. The number of aromatic nitrogens is 3. The first-order chi connectivity index (χ1) is 10.7. The molecule has 0 aliphatic heterocycles. The van der Waals surface area contributed by atoms with Gasteiger partial charge in [0.1, 0.15) is 0 Å². The standard InChI is InChI=1S/C17H14ClN3S/c1-2-22-17-20-15-8-12(13(18)9-16(15)21-17)10-3-4-14-11(7-10)5-6-19-14/h3-9,19H,2H2,1H3,(H,20,21). The highest BCUT2D eigenvalue weighted by Gasteiger charge is 2.10. The number of aromatic amines is 2. The lowest BCUT2D eigenvalue weighted by Crippen LogP contribution is -1.81. The molecule has 22 heavy (non-hydrogen) atoms. The molecule has 4 aromatic rings. The van der Waals surface area contributed by atoms with Gasteiger partial charge in [0.05, 0.1) is 16.1 Å². The van der Waals surface area contributed by atoms with E-state index in [0.717, 1.165) is 43.6 Å². The van der Waals surface area contributed by atoms with E-state index in [1.807, 2.05) is 12.3 Å². The molecular formula is C17H14ClN3S. The van der Waals surface area contributed by atoms with Gasteiger partial charge < -0.3 is 9.97 Å². The molecule has 2 aromatic carbocycles. The highest BCUT2D eigenvalue weighted by atomic mass is 35.5. The number of rotatable bonds is 3. The summed E-state index contributed by atoms with van der Waals surface area (Å²) in [5, 5.41) is 2.85. The molecule has 4 rings (SSSR count). The maximum absolute atomic E-state index is 6.49. The lowest BCUT2D eigenvalue weighted by Gasteiger charge is -2.05.